The number of aliphatic hydroxyl groups excluding tert-OH is 1. The summed E-state index contributed by atoms with van der Waals surface area (Å²) in [7, 11) is 3.14. The standard InChI is InChI=1S/C20H19N3O5/c1-27-17-7-8-18(28-2)19-13(17)10-22(11-16(19)24)15-6-5-14(23(25)26)12-4-3-9-21-20(12)15/h3-9,16,24H,10-11H2,1-2H3/t16-/m0/s1. The van der Waals surface area contributed by atoms with E-state index < -0.39 is 11.0 Å². The maximum absolute atomic E-state index is 11.4. The summed E-state index contributed by atoms with van der Waals surface area (Å²) in [5.74, 6) is 1.26. The number of nitro groups is 1. The smallest absolute Gasteiger partial charge is 0.278 e. The number of aromatic nitrogens is 1. The van der Waals surface area contributed by atoms with E-state index >= 15 is 0 Å². The lowest BCUT2D eigenvalue weighted by molar-refractivity contribution is -0.383. The molecule has 0 bridgehead atoms. The van der Waals surface area contributed by atoms with Gasteiger partial charge in [0.2, 0.25) is 0 Å². The molecule has 1 aliphatic heterocycles. The molecule has 0 spiro atoms. The fraction of sp³-hybridized carbons (Fsp3) is 0.250. The molecule has 8 nitrogen and oxygen atoms in total. The Hall–Kier alpha value is -3.39. The van der Waals surface area contributed by atoms with Gasteiger partial charge in [-0.15, -0.1) is 0 Å². The predicted molar refractivity (Wildman–Crippen MR) is 104 cm³/mol. The van der Waals surface area contributed by atoms with Gasteiger partial charge in [-0.3, -0.25) is 15.1 Å². The van der Waals surface area contributed by atoms with Crippen molar-refractivity contribution in [1.29, 1.82) is 0 Å². The lowest BCUT2D eigenvalue weighted by Gasteiger charge is -2.35. The molecule has 144 valence electrons. The van der Waals surface area contributed by atoms with Crippen LogP contribution in [0.3, 0.4) is 0 Å². The molecule has 0 saturated heterocycles. The summed E-state index contributed by atoms with van der Waals surface area (Å²) < 4.78 is 10.9. The van der Waals surface area contributed by atoms with Gasteiger partial charge in [-0.1, -0.05) is 0 Å². The van der Waals surface area contributed by atoms with Crippen molar-refractivity contribution in [3.63, 3.8) is 0 Å². The summed E-state index contributed by atoms with van der Waals surface area (Å²) in [5, 5.41) is 22.7. The van der Waals surface area contributed by atoms with Gasteiger partial charge in [0.15, 0.2) is 0 Å². The second-order valence-electron chi connectivity index (χ2n) is 6.52. The molecule has 28 heavy (non-hydrogen) atoms. The van der Waals surface area contributed by atoms with Crippen LogP contribution in [0.15, 0.2) is 42.6 Å². The number of methoxy groups -OCH3 is 2. The van der Waals surface area contributed by atoms with Gasteiger partial charge in [-0.2, -0.15) is 0 Å². The zero-order chi connectivity index (χ0) is 19.8. The van der Waals surface area contributed by atoms with Crippen molar-refractivity contribution < 1.29 is 19.5 Å². The summed E-state index contributed by atoms with van der Waals surface area (Å²) in [6.45, 7) is 0.760. The molecule has 2 heterocycles. The number of hydrogen-bond acceptors (Lipinski definition) is 7. The van der Waals surface area contributed by atoms with E-state index in [1.807, 2.05) is 4.90 Å². The number of nitro benzene ring substituents is 1. The first-order valence-corrected chi connectivity index (χ1v) is 8.74. The van der Waals surface area contributed by atoms with E-state index in [0.29, 0.717) is 41.1 Å². The number of β-amino-alcohol motifs (C(OH)–C–C–N with tert-alkyl or cyclic N) is 1. The van der Waals surface area contributed by atoms with Crippen LogP contribution in [0.1, 0.15) is 17.2 Å². The molecular formula is C20H19N3O5. The first-order valence-electron chi connectivity index (χ1n) is 8.74. The summed E-state index contributed by atoms with van der Waals surface area (Å²) in [6.07, 6.45) is 0.802. The highest BCUT2D eigenvalue weighted by Gasteiger charge is 2.31. The number of rotatable bonds is 4. The Bertz CT molecular complexity index is 1070. The zero-order valence-corrected chi connectivity index (χ0v) is 15.5. The average Bonchev–Trinajstić information content (AvgIpc) is 2.71. The van der Waals surface area contributed by atoms with E-state index in [-0.39, 0.29) is 5.69 Å². The van der Waals surface area contributed by atoms with E-state index in [1.165, 1.54) is 6.07 Å². The molecule has 0 radical (unpaired) electrons. The third-order valence-corrected chi connectivity index (χ3v) is 5.05. The van der Waals surface area contributed by atoms with Crippen molar-refractivity contribution >= 4 is 22.3 Å². The van der Waals surface area contributed by atoms with E-state index in [2.05, 4.69) is 4.98 Å². The van der Waals surface area contributed by atoms with Crippen LogP contribution in [-0.4, -0.2) is 35.8 Å². The summed E-state index contributed by atoms with van der Waals surface area (Å²) in [6, 6.07) is 10.1. The van der Waals surface area contributed by atoms with Crippen molar-refractivity contribution in [1.82, 2.24) is 4.98 Å². The van der Waals surface area contributed by atoms with Crippen molar-refractivity contribution in [2.75, 3.05) is 25.7 Å². The molecule has 8 heteroatoms. The minimum atomic E-state index is -0.803. The molecule has 4 rings (SSSR count). The quantitative estimate of drug-likeness (QED) is 0.547. The molecule has 1 aliphatic rings. The number of ether oxygens (including phenoxy) is 2. The molecule has 0 amide bonds. The molecule has 2 aromatic carbocycles. The van der Waals surface area contributed by atoms with Crippen molar-refractivity contribution in [2.45, 2.75) is 12.6 Å². The van der Waals surface area contributed by atoms with Gasteiger partial charge in [0, 0.05) is 36.5 Å². The Morgan fingerprint density at radius 2 is 1.93 bits per heavy atom. The second kappa shape index (κ2) is 6.97. The van der Waals surface area contributed by atoms with Crippen molar-refractivity contribution in [3.05, 3.63) is 63.8 Å². The molecule has 1 N–H and O–H groups in total. The third kappa shape index (κ3) is 2.78. The topological polar surface area (TPSA) is 98.0 Å². The molecule has 3 aromatic rings. The van der Waals surface area contributed by atoms with Crippen LogP contribution in [0.2, 0.25) is 0 Å². The average molecular weight is 381 g/mol. The summed E-state index contributed by atoms with van der Waals surface area (Å²) >= 11 is 0. The van der Waals surface area contributed by atoms with Gasteiger partial charge >= 0.3 is 0 Å². The maximum Gasteiger partial charge on any atom is 0.278 e. The van der Waals surface area contributed by atoms with E-state index in [1.54, 1.807) is 50.7 Å². The number of pyridine rings is 1. The Morgan fingerprint density at radius 3 is 2.64 bits per heavy atom. The van der Waals surface area contributed by atoms with Crippen molar-refractivity contribution in [2.24, 2.45) is 0 Å². The van der Waals surface area contributed by atoms with Gasteiger partial charge in [-0.25, -0.2) is 0 Å². The summed E-state index contributed by atoms with van der Waals surface area (Å²) in [4.78, 5) is 17.3. The first kappa shape index (κ1) is 18.0. The molecule has 1 aromatic heterocycles. The first-order chi connectivity index (χ1) is 13.5. The number of hydrogen-bond donors (Lipinski definition) is 1. The Labute approximate surface area is 161 Å². The maximum atomic E-state index is 11.4. The largest absolute Gasteiger partial charge is 0.496 e. The number of non-ortho nitro benzene ring substituents is 1. The van der Waals surface area contributed by atoms with Gasteiger partial charge in [0.05, 0.1) is 30.2 Å². The minimum Gasteiger partial charge on any atom is -0.496 e. The molecule has 0 fully saturated rings. The molecular weight excluding hydrogens is 362 g/mol. The lowest BCUT2D eigenvalue weighted by atomic mass is 9.94. The SMILES string of the molecule is COc1ccc(OC)c2c1CN(c1ccc([N+](=O)[O-])c3cccnc13)C[C@@H]2O. The normalized spacial score (nSPS) is 16.0. The Kier molecular flexibility index (Phi) is 4.48. The van der Waals surface area contributed by atoms with Crippen LogP contribution in [-0.2, 0) is 6.54 Å². The van der Waals surface area contributed by atoms with Crippen LogP contribution >= 0.6 is 0 Å². The fourth-order valence-corrected chi connectivity index (χ4v) is 3.82. The number of fused-ring (bicyclic) bond motifs is 2. The van der Waals surface area contributed by atoms with Crippen LogP contribution < -0.4 is 14.4 Å². The van der Waals surface area contributed by atoms with Crippen LogP contribution in [0.25, 0.3) is 10.9 Å². The highest BCUT2D eigenvalue weighted by atomic mass is 16.6. The van der Waals surface area contributed by atoms with Crippen LogP contribution in [0.4, 0.5) is 11.4 Å². The number of nitrogens with zero attached hydrogens (tertiary/aromatic N) is 3. The second-order valence-corrected chi connectivity index (χ2v) is 6.52. The molecule has 0 unspecified atom stereocenters. The number of aliphatic hydroxyl groups is 1. The molecule has 1 atom stereocenters. The molecule has 0 aliphatic carbocycles. The Morgan fingerprint density at radius 1 is 1.18 bits per heavy atom. The zero-order valence-electron chi connectivity index (χ0n) is 15.5. The highest BCUT2D eigenvalue weighted by molar-refractivity contribution is 5.97. The van der Waals surface area contributed by atoms with Gasteiger partial charge in [0.25, 0.3) is 5.69 Å². The predicted octanol–water partition coefficient (Wildman–Crippen LogP) is 3.21. The lowest BCUT2D eigenvalue weighted by Crippen LogP contribution is -2.34. The fourth-order valence-electron chi connectivity index (χ4n) is 3.82. The highest BCUT2D eigenvalue weighted by Crippen LogP contribution is 2.42. The van der Waals surface area contributed by atoms with Gasteiger partial charge in [0.1, 0.15) is 23.1 Å². The third-order valence-electron chi connectivity index (χ3n) is 5.05. The number of anilines is 1. The summed E-state index contributed by atoms with van der Waals surface area (Å²) in [5.41, 5.74) is 2.77. The minimum absolute atomic E-state index is 0.00376. The monoisotopic (exact) mass is 381 g/mol. The van der Waals surface area contributed by atoms with Crippen LogP contribution in [0, 0.1) is 10.1 Å². The number of benzene rings is 2. The van der Waals surface area contributed by atoms with E-state index in [0.717, 1.165) is 11.3 Å². The molecule has 0 saturated carbocycles. The van der Waals surface area contributed by atoms with E-state index in [9.17, 15) is 15.2 Å². The van der Waals surface area contributed by atoms with Crippen molar-refractivity contribution in [3.8, 4) is 11.5 Å². The Balaban J connectivity index is 1.85. The van der Waals surface area contributed by atoms with Gasteiger partial charge in [-0.05, 0) is 30.3 Å². The van der Waals surface area contributed by atoms with Gasteiger partial charge < -0.3 is 19.5 Å². The van der Waals surface area contributed by atoms with E-state index in [4.69, 9.17) is 9.47 Å². The van der Waals surface area contributed by atoms with Crippen LogP contribution in [0.5, 0.6) is 11.5 Å².